The Kier molecular flexibility index (Phi) is 4.95. The molecule has 0 spiro atoms. The Morgan fingerprint density at radius 2 is 2.05 bits per heavy atom. The van der Waals surface area contributed by atoms with E-state index in [1.165, 1.54) is 0 Å². The quantitative estimate of drug-likeness (QED) is 0.773. The Morgan fingerprint density at radius 3 is 2.70 bits per heavy atom. The number of morpholine rings is 1. The molecule has 1 saturated heterocycles. The first-order valence-corrected chi connectivity index (χ1v) is 7.45. The lowest BCUT2D eigenvalue weighted by Crippen LogP contribution is -2.51. The van der Waals surface area contributed by atoms with E-state index in [9.17, 15) is 4.79 Å². The second-order valence-corrected chi connectivity index (χ2v) is 6.32. The number of hydrogen-bond donors (Lipinski definition) is 0. The van der Waals surface area contributed by atoms with E-state index in [1.807, 2.05) is 30.3 Å². The first-order chi connectivity index (χ1) is 9.46. The molecule has 110 valence electrons. The summed E-state index contributed by atoms with van der Waals surface area (Å²) in [5.74, 6) is 0.242. The summed E-state index contributed by atoms with van der Waals surface area (Å²) in [4.78, 5) is 14.4. The number of carbonyl (C=O) groups excluding carboxylic acids is 1. The van der Waals surface area contributed by atoms with Crippen molar-refractivity contribution in [1.82, 2.24) is 4.90 Å². The van der Waals surface area contributed by atoms with Crippen molar-refractivity contribution in [2.24, 2.45) is 0 Å². The third-order valence-corrected chi connectivity index (χ3v) is 3.61. The number of hydrogen-bond acceptors (Lipinski definition) is 3. The zero-order valence-electron chi connectivity index (χ0n) is 12.8. The summed E-state index contributed by atoms with van der Waals surface area (Å²) in [6, 6.07) is 9.55. The molecule has 1 unspecified atom stereocenters. The fourth-order valence-electron chi connectivity index (χ4n) is 2.99. The van der Waals surface area contributed by atoms with Crippen molar-refractivity contribution in [3.05, 3.63) is 35.9 Å². The van der Waals surface area contributed by atoms with Gasteiger partial charge in [0.2, 0.25) is 0 Å². The van der Waals surface area contributed by atoms with Gasteiger partial charge < -0.3 is 4.74 Å². The van der Waals surface area contributed by atoms with Crippen LogP contribution in [-0.2, 0) is 4.74 Å². The van der Waals surface area contributed by atoms with Crippen LogP contribution in [0.15, 0.2) is 30.3 Å². The highest BCUT2D eigenvalue weighted by atomic mass is 16.5. The first-order valence-electron chi connectivity index (χ1n) is 7.45. The summed E-state index contributed by atoms with van der Waals surface area (Å²) in [6.45, 7) is 9.24. The second kappa shape index (κ2) is 6.51. The summed E-state index contributed by atoms with van der Waals surface area (Å²) in [6.07, 6.45) is 1.80. The van der Waals surface area contributed by atoms with Crippen molar-refractivity contribution < 1.29 is 9.53 Å². The average Bonchev–Trinajstić information content (AvgIpc) is 2.37. The van der Waals surface area contributed by atoms with Gasteiger partial charge in [0.15, 0.2) is 5.78 Å². The SMILES string of the molecule is CC1CN(CCCC(=O)c2ccccc2)CC(C)(C)O1. The zero-order valence-corrected chi connectivity index (χ0v) is 12.8. The molecule has 1 fully saturated rings. The van der Waals surface area contributed by atoms with Crippen LogP contribution in [0.5, 0.6) is 0 Å². The van der Waals surface area contributed by atoms with Gasteiger partial charge >= 0.3 is 0 Å². The van der Waals surface area contributed by atoms with E-state index in [0.717, 1.165) is 31.6 Å². The third kappa shape index (κ3) is 4.43. The van der Waals surface area contributed by atoms with Gasteiger partial charge in [0, 0.05) is 25.1 Å². The van der Waals surface area contributed by atoms with Crippen molar-refractivity contribution in [3.8, 4) is 0 Å². The van der Waals surface area contributed by atoms with Crippen LogP contribution in [0.3, 0.4) is 0 Å². The molecular formula is C17H25NO2. The molecule has 0 saturated carbocycles. The van der Waals surface area contributed by atoms with Crippen LogP contribution >= 0.6 is 0 Å². The zero-order chi connectivity index (χ0) is 14.6. The molecule has 0 aromatic heterocycles. The van der Waals surface area contributed by atoms with Gasteiger partial charge in [0.05, 0.1) is 11.7 Å². The predicted octanol–water partition coefficient (Wildman–Crippen LogP) is 3.15. The molecule has 1 aromatic rings. The molecule has 3 heteroatoms. The summed E-state index contributed by atoms with van der Waals surface area (Å²) in [7, 11) is 0. The molecular weight excluding hydrogens is 250 g/mol. The molecule has 1 aromatic carbocycles. The first kappa shape index (κ1) is 15.2. The van der Waals surface area contributed by atoms with E-state index in [4.69, 9.17) is 4.74 Å². The molecule has 0 N–H and O–H groups in total. The minimum absolute atomic E-state index is 0.0822. The summed E-state index contributed by atoms with van der Waals surface area (Å²) < 4.78 is 5.89. The normalized spacial score (nSPS) is 22.6. The van der Waals surface area contributed by atoms with Gasteiger partial charge in [-0.05, 0) is 33.7 Å². The molecule has 2 rings (SSSR count). The Morgan fingerprint density at radius 1 is 1.35 bits per heavy atom. The maximum atomic E-state index is 12.0. The highest BCUT2D eigenvalue weighted by Crippen LogP contribution is 2.21. The summed E-state index contributed by atoms with van der Waals surface area (Å²) >= 11 is 0. The van der Waals surface area contributed by atoms with Gasteiger partial charge in [-0.1, -0.05) is 30.3 Å². The third-order valence-electron chi connectivity index (χ3n) is 3.61. The van der Waals surface area contributed by atoms with Gasteiger partial charge in [-0.2, -0.15) is 0 Å². The Balaban J connectivity index is 1.77. The van der Waals surface area contributed by atoms with Crippen molar-refractivity contribution in [2.45, 2.75) is 45.3 Å². The fraction of sp³-hybridized carbons (Fsp3) is 0.588. The van der Waals surface area contributed by atoms with Crippen LogP contribution in [0.4, 0.5) is 0 Å². The Hall–Kier alpha value is -1.19. The van der Waals surface area contributed by atoms with E-state index in [0.29, 0.717) is 6.42 Å². The molecule has 0 aliphatic carbocycles. The maximum Gasteiger partial charge on any atom is 0.162 e. The van der Waals surface area contributed by atoms with E-state index >= 15 is 0 Å². The number of ether oxygens (including phenoxy) is 1. The standard InChI is InChI=1S/C17H25NO2/c1-14-12-18(13-17(2,3)20-14)11-7-10-16(19)15-8-5-4-6-9-15/h4-6,8-9,14H,7,10-13H2,1-3H3. The van der Waals surface area contributed by atoms with Gasteiger partial charge in [0.1, 0.15) is 0 Å². The smallest absolute Gasteiger partial charge is 0.162 e. The van der Waals surface area contributed by atoms with Crippen LogP contribution in [-0.4, -0.2) is 42.0 Å². The predicted molar refractivity (Wildman–Crippen MR) is 81.1 cm³/mol. The summed E-state index contributed by atoms with van der Waals surface area (Å²) in [5.41, 5.74) is 0.740. The average molecular weight is 275 g/mol. The molecule has 0 amide bonds. The van der Waals surface area contributed by atoms with Gasteiger partial charge in [-0.25, -0.2) is 0 Å². The summed E-state index contributed by atoms with van der Waals surface area (Å²) in [5, 5.41) is 0. The van der Waals surface area contributed by atoms with Crippen LogP contribution in [0, 0.1) is 0 Å². The van der Waals surface area contributed by atoms with E-state index in [1.54, 1.807) is 0 Å². The van der Waals surface area contributed by atoms with E-state index in [2.05, 4.69) is 25.7 Å². The number of rotatable bonds is 5. The number of benzene rings is 1. The Labute approximate surface area is 121 Å². The van der Waals surface area contributed by atoms with Crippen LogP contribution in [0.25, 0.3) is 0 Å². The van der Waals surface area contributed by atoms with Gasteiger partial charge in [-0.3, -0.25) is 9.69 Å². The van der Waals surface area contributed by atoms with Crippen molar-refractivity contribution in [3.63, 3.8) is 0 Å². The number of Topliss-reactive ketones (excluding diaryl/α,β-unsaturated/α-hetero) is 1. The number of ketones is 1. The van der Waals surface area contributed by atoms with E-state index < -0.39 is 0 Å². The molecule has 3 nitrogen and oxygen atoms in total. The highest BCUT2D eigenvalue weighted by molar-refractivity contribution is 5.95. The lowest BCUT2D eigenvalue weighted by Gasteiger charge is -2.41. The number of carbonyl (C=O) groups is 1. The number of nitrogens with zero attached hydrogens (tertiary/aromatic N) is 1. The van der Waals surface area contributed by atoms with Crippen LogP contribution < -0.4 is 0 Å². The monoisotopic (exact) mass is 275 g/mol. The van der Waals surface area contributed by atoms with Crippen molar-refractivity contribution >= 4 is 5.78 Å². The maximum absolute atomic E-state index is 12.0. The molecule has 1 atom stereocenters. The van der Waals surface area contributed by atoms with Crippen molar-refractivity contribution in [2.75, 3.05) is 19.6 Å². The minimum atomic E-state index is -0.0822. The molecule has 1 heterocycles. The molecule has 0 radical (unpaired) electrons. The van der Waals surface area contributed by atoms with Gasteiger partial charge in [0.25, 0.3) is 0 Å². The van der Waals surface area contributed by atoms with Gasteiger partial charge in [-0.15, -0.1) is 0 Å². The Bertz CT molecular complexity index is 442. The molecule has 0 bridgehead atoms. The molecule has 1 aliphatic heterocycles. The van der Waals surface area contributed by atoms with Crippen molar-refractivity contribution in [1.29, 1.82) is 0 Å². The highest BCUT2D eigenvalue weighted by Gasteiger charge is 2.30. The topological polar surface area (TPSA) is 29.5 Å². The fourth-order valence-corrected chi connectivity index (χ4v) is 2.99. The van der Waals surface area contributed by atoms with E-state index in [-0.39, 0.29) is 17.5 Å². The largest absolute Gasteiger partial charge is 0.370 e. The lowest BCUT2D eigenvalue weighted by molar-refractivity contribution is -0.128. The lowest BCUT2D eigenvalue weighted by atomic mass is 10.0. The second-order valence-electron chi connectivity index (χ2n) is 6.32. The molecule has 1 aliphatic rings. The van der Waals surface area contributed by atoms with Crippen LogP contribution in [0.2, 0.25) is 0 Å². The molecule has 20 heavy (non-hydrogen) atoms. The minimum Gasteiger partial charge on any atom is -0.370 e. The van der Waals surface area contributed by atoms with Crippen LogP contribution in [0.1, 0.15) is 44.0 Å².